The van der Waals surface area contributed by atoms with E-state index in [-0.39, 0.29) is 22.8 Å². The monoisotopic (exact) mass is 418 g/mol. The normalized spacial score (nSPS) is 15.5. The number of primary sulfonamides is 1. The average molecular weight is 419 g/mol. The van der Waals surface area contributed by atoms with Crippen LogP contribution in [-0.4, -0.2) is 24.1 Å². The van der Waals surface area contributed by atoms with E-state index in [4.69, 9.17) is 16.7 Å². The van der Waals surface area contributed by atoms with Gasteiger partial charge in [0.25, 0.3) is 0 Å². The zero-order valence-electron chi connectivity index (χ0n) is 15.1. The second-order valence-electron chi connectivity index (χ2n) is 7.34. The molecule has 0 radical (unpaired) electrons. The molecule has 1 saturated carbocycles. The van der Waals surface area contributed by atoms with E-state index in [9.17, 15) is 13.2 Å². The van der Waals surface area contributed by atoms with Crippen molar-refractivity contribution >= 4 is 44.1 Å². The van der Waals surface area contributed by atoms with E-state index in [1.165, 1.54) is 6.07 Å². The Labute approximate surface area is 167 Å². The summed E-state index contributed by atoms with van der Waals surface area (Å²) >= 11 is 6.10. The summed E-state index contributed by atoms with van der Waals surface area (Å²) in [4.78, 5) is 12.4. The van der Waals surface area contributed by atoms with Gasteiger partial charge in [-0.2, -0.15) is 5.10 Å². The first-order valence-corrected chi connectivity index (χ1v) is 10.7. The molecule has 1 aliphatic carbocycles. The molecule has 1 aromatic heterocycles. The summed E-state index contributed by atoms with van der Waals surface area (Å²) in [7, 11) is -3.99. The van der Waals surface area contributed by atoms with Gasteiger partial charge in [0.05, 0.1) is 22.4 Å². The lowest BCUT2D eigenvalue weighted by Gasteiger charge is -2.08. The quantitative estimate of drug-likeness (QED) is 0.663. The maximum absolute atomic E-state index is 12.4. The molecular weight excluding hydrogens is 400 g/mol. The number of hydrogen-bond donors (Lipinski definition) is 2. The van der Waals surface area contributed by atoms with Crippen molar-refractivity contribution in [1.82, 2.24) is 9.78 Å². The zero-order chi connectivity index (χ0) is 20.1. The van der Waals surface area contributed by atoms with Crippen molar-refractivity contribution in [3.05, 3.63) is 53.2 Å². The number of fused-ring (bicyclic) bond motifs is 1. The van der Waals surface area contributed by atoms with E-state index in [0.717, 1.165) is 12.8 Å². The lowest BCUT2D eigenvalue weighted by atomic mass is 10.1. The van der Waals surface area contributed by atoms with E-state index in [1.54, 1.807) is 41.2 Å². The molecule has 28 heavy (non-hydrogen) atoms. The number of sulfonamides is 1. The Hall–Kier alpha value is -2.42. The van der Waals surface area contributed by atoms with Crippen LogP contribution in [0.3, 0.4) is 0 Å². The lowest BCUT2D eigenvalue weighted by Crippen LogP contribution is -2.16. The zero-order valence-corrected chi connectivity index (χ0v) is 16.7. The first-order chi connectivity index (χ1) is 13.2. The van der Waals surface area contributed by atoms with E-state index in [0.29, 0.717) is 27.2 Å². The smallest absolute Gasteiger partial charge is 0.238 e. The Morgan fingerprint density at radius 3 is 2.68 bits per heavy atom. The minimum absolute atomic E-state index is 0.0615. The Balaban J connectivity index is 1.69. The van der Waals surface area contributed by atoms with Gasteiger partial charge in [0.15, 0.2) is 0 Å². The minimum Gasteiger partial charge on any atom is -0.326 e. The lowest BCUT2D eigenvalue weighted by molar-refractivity contribution is -0.115. The molecule has 0 atom stereocenters. The molecule has 3 aromatic rings. The highest BCUT2D eigenvalue weighted by Crippen LogP contribution is 2.43. The molecule has 1 aliphatic rings. The van der Waals surface area contributed by atoms with E-state index in [2.05, 4.69) is 17.3 Å². The number of aromatic nitrogens is 2. The predicted octanol–water partition coefficient (Wildman–Crippen LogP) is 3.03. The molecule has 2 aromatic carbocycles. The highest BCUT2D eigenvalue weighted by atomic mass is 35.5. The molecule has 0 spiro atoms. The Morgan fingerprint density at radius 1 is 1.32 bits per heavy atom. The van der Waals surface area contributed by atoms with Crippen LogP contribution in [0.2, 0.25) is 5.02 Å². The molecule has 0 unspecified atom stereocenters. The van der Waals surface area contributed by atoms with E-state index < -0.39 is 10.0 Å². The number of nitrogens with two attached hydrogens (primary N) is 1. The van der Waals surface area contributed by atoms with Crippen LogP contribution in [0, 0.1) is 0 Å². The third-order valence-electron chi connectivity index (χ3n) is 5.01. The molecule has 1 fully saturated rings. The van der Waals surface area contributed by atoms with Gasteiger partial charge >= 0.3 is 0 Å². The van der Waals surface area contributed by atoms with Crippen LogP contribution in [0.4, 0.5) is 5.69 Å². The summed E-state index contributed by atoms with van der Waals surface area (Å²) in [6.45, 7) is 2.06. The molecule has 4 rings (SSSR count). The SMILES string of the molecule is CC1(n2cc3c(S(N)(=O)=O)cc(NC(=O)Cc4ccccc4Cl)cc3n2)CC1. The van der Waals surface area contributed by atoms with Crippen molar-refractivity contribution in [3.63, 3.8) is 0 Å². The van der Waals surface area contributed by atoms with Gasteiger partial charge in [0, 0.05) is 22.3 Å². The number of rotatable bonds is 5. The summed E-state index contributed by atoms with van der Waals surface area (Å²) < 4.78 is 26.0. The van der Waals surface area contributed by atoms with Crippen molar-refractivity contribution in [2.24, 2.45) is 5.14 Å². The van der Waals surface area contributed by atoms with Gasteiger partial charge in [-0.05, 0) is 43.5 Å². The number of hydrogen-bond acceptors (Lipinski definition) is 4. The Bertz CT molecular complexity index is 1200. The summed E-state index contributed by atoms with van der Waals surface area (Å²) in [5.41, 5.74) is 1.37. The number of benzene rings is 2. The number of carbonyl (C=O) groups excluding carboxylic acids is 1. The molecule has 1 amide bonds. The van der Waals surface area contributed by atoms with Gasteiger partial charge < -0.3 is 5.32 Å². The fourth-order valence-corrected chi connectivity index (χ4v) is 4.06. The van der Waals surface area contributed by atoms with Crippen LogP contribution in [0.1, 0.15) is 25.3 Å². The van der Waals surface area contributed by atoms with E-state index in [1.807, 2.05) is 0 Å². The molecule has 7 nitrogen and oxygen atoms in total. The number of carbonyl (C=O) groups is 1. The van der Waals surface area contributed by atoms with Crippen molar-refractivity contribution in [2.75, 3.05) is 5.32 Å². The van der Waals surface area contributed by atoms with Gasteiger partial charge in [-0.15, -0.1) is 0 Å². The van der Waals surface area contributed by atoms with Crippen molar-refractivity contribution < 1.29 is 13.2 Å². The number of amides is 1. The third kappa shape index (κ3) is 3.63. The fourth-order valence-electron chi connectivity index (χ4n) is 3.11. The van der Waals surface area contributed by atoms with Gasteiger partial charge in [0.1, 0.15) is 0 Å². The third-order valence-corrected chi connectivity index (χ3v) is 6.33. The maximum Gasteiger partial charge on any atom is 0.238 e. The van der Waals surface area contributed by atoms with Gasteiger partial charge in [-0.25, -0.2) is 13.6 Å². The molecule has 0 aliphatic heterocycles. The first-order valence-electron chi connectivity index (χ1n) is 8.76. The minimum atomic E-state index is -3.99. The predicted molar refractivity (Wildman–Crippen MR) is 108 cm³/mol. The van der Waals surface area contributed by atoms with Crippen LogP contribution in [-0.2, 0) is 26.8 Å². The van der Waals surface area contributed by atoms with Crippen LogP contribution in [0.25, 0.3) is 10.9 Å². The highest BCUT2D eigenvalue weighted by Gasteiger charge is 2.40. The highest BCUT2D eigenvalue weighted by molar-refractivity contribution is 7.89. The molecule has 146 valence electrons. The van der Waals surface area contributed by atoms with Crippen molar-refractivity contribution in [2.45, 2.75) is 36.6 Å². The second kappa shape index (κ2) is 6.58. The van der Waals surface area contributed by atoms with Crippen LogP contribution < -0.4 is 10.5 Å². The summed E-state index contributed by atoms with van der Waals surface area (Å²) in [6.07, 6.45) is 3.73. The van der Waals surface area contributed by atoms with Crippen LogP contribution in [0.15, 0.2) is 47.5 Å². The number of halogens is 1. The van der Waals surface area contributed by atoms with Gasteiger partial charge in [-0.3, -0.25) is 9.48 Å². The topological polar surface area (TPSA) is 107 Å². The Morgan fingerprint density at radius 2 is 2.04 bits per heavy atom. The Kier molecular flexibility index (Phi) is 4.45. The molecular formula is C19H19ClN4O3S. The fraction of sp³-hybridized carbons (Fsp3) is 0.263. The molecule has 3 N–H and O–H groups in total. The van der Waals surface area contributed by atoms with E-state index >= 15 is 0 Å². The maximum atomic E-state index is 12.4. The number of nitrogens with zero attached hydrogens (tertiary/aromatic N) is 2. The van der Waals surface area contributed by atoms with Crippen molar-refractivity contribution in [1.29, 1.82) is 0 Å². The number of nitrogens with one attached hydrogen (secondary N) is 1. The van der Waals surface area contributed by atoms with Gasteiger partial charge in [-0.1, -0.05) is 29.8 Å². The molecule has 1 heterocycles. The standard InChI is InChI=1S/C19H19ClN4O3S/c1-19(6-7-19)24-11-14-16(23-24)9-13(10-17(14)28(21,26)27)22-18(25)8-12-4-2-3-5-15(12)20/h2-5,9-11H,6-8H2,1H3,(H,22,25)(H2,21,26,27). The molecule has 9 heteroatoms. The van der Waals surface area contributed by atoms with Gasteiger partial charge in [0.2, 0.25) is 15.9 Å². The van der Waals surface area contributed by atoms with Crippen molar-refractivity contribution in [3.8, 4) is 0 Å². The summed E-state index contributed by atoms with van der Waals surface area (Å²) in [6, 6.07) is 10.1. The summed E-state index contributed by atoms with van der Waals surface area (Å²) in [5, 5.41) is 13.6. The molecule has 0 saturated heterocycles. The van der Waals surface area contributed by atoms with Crippen LogP contribution >= 0.6 is 11.6 Å². The molecule has 0 bridgehead atoms. The summed E-state index contributed by atoms with van der Waals surface area (Å²) in [5.74, 6) is -0.318. The first kappa shape index (κ1) is 18.9. The number of anilines is 1. The average Bonchev–Trinajstić information content (AvgIpc) is 3.21. The largest absolute Gasteiger partial charge is 0.326 e. The van der Waals surface area contributed by atoms with Crippen LogP contribution in [0.5, 0.6) is 0 Å². The second-order valence-corrected chi connectivity index (χ2v) is 9.28.